The Morgan fingerprint density at radius 2 is 2.09 bits per heavy atom. The van der Waals surface area contributed by atoms with E-state index < -0.39 is 11.7 Å². The molecule has 1 heterocycles. The van der Waals surface area contributed by atoms with Gasteiger partial charge in [-0.25, -0.2) is 14.1 Å². The third-order valence-corrected chi connectivity index (χ3v) is 3.73. The van der Waals surface area contributed by atoms with Crippen molar-refractivity contribution in [1.29, 1.82) is 0 Å². The summed E-state index contributed by atoms with van der Waals surface area (Å²) in [6, 6.07) is 11.5. The number of benzene rings is 2. The average molecular weight is 375 g/mol. The summed E-state index contributed by atoms with van der Waals surface area (Å²) in [6.45, 7) is 0.456. The fraction of sp³-hybridized carbons (Fsp3) is 0.0625. The van der Waals surface area contributed by atoms with Gasteiger partial charge in [-0.15, -0.1) is 0 Å². The van der Waals surface area contributed by atoms with Crippen molar-refractivity contribution in [1.82, 2.24) is 14.8 Å². The number of carbonyl (C=O) groups excluding carboxylic acids is 1. The lowest BCUT2D eigenvalue weighted by Crippen LogP contribution is -2.15. The Bertz CT molecular complexity index is 836. The molecule has 0 aliphatic heterocycles. The van der Waals surface area contributed by atoms with Crippen molar-refractivity contribution in [3.8, 4) is 0 Å². The molecule has 0 aliphatic rings. The number of hydrogen-bond donors (Lipinski definition) is 1. The summed E-state index contributed by atoms with van der Waals surface area (Å²) in [4.78, 5) is 16.2. The number of carbonyl (C=O) groups is 1. The number of para-hydroxylation sites is 1. The second-order valence-electron chi connectivity index (χ2n) is 4.83. The van der Waals surface area contributed by atoms with E-state index in [1.807, 2.05) is 12.1 Å². The van der Waals surface area contributed by atoms with Crippen molar-refractivity contribution >= 4 is 27.5 Å². The number of nitrogens with zero attached hydrogens (tertiary/aromatic N) is 3. The Kier molecular flexibility index (Phi) is 4.47. The molecule has 3 rings (SSSR count). The van der Waals surface area contributed by atoms with Gasteiger partial charge in [0.2, 0.25) is 0 Å². The van der Waals surface area contributed by atoms with Gasteiger partial charge in [0.1, 0.15) is 18.5 Å². The van der Waals surface area contributed by atoms with Gasteiger partial charge in [-0.3, -0.25) is 4.79 Å². The van der Waals surface area contributed by atoms with E-state index in [0.717, 1.165) is 5.56 Å². The van der Waals surface area contributed by atoms with Crippen molar-refractivity contribution in [3.63, 3.8) is 0 Å². The smallest absolute Gasteiger partial charge is 0.258 e. The Balaban J connectivity index is 1.85. The molecule has 3 aromatic rings. The van der Waals surface area contributed by atoms with Crippen LogP contribution in [-0.4, -0.2) is 20.7 Å². The lowest BCUT2D eigenvalue weighted by molar-refractivity contribution is 0.102. The van der Waals surface area contributed by atoms with Gasteiger partial charge in [-0.05, 0) is 29.8 Å². The zero-order valence-corrected chi connectivity index (χ0v) is 13.5. The number of aromatic nitrogens is 3. The number of halogens is 2. The topological polar surface area (TPSA) is 59.8 Å². The number of anilines is 1. The van der Waals surface area contributed by atoms with Crippen LogP contribution in [0.4, 0.5) is 10.1 Å². The summed E-state index contributed by atoms with van der Waals surface area (Å²) in [5.41, 5.74) is 1.43. The quantitative estimate of drug-likeness (QED) is 0.760. The van der Waals surface area contributed by atoms with Gasteiger partial charge >= 0.3 is 0 Å². The fourth-order valence-corrected chi connectivity index (χ4v) is 2.49. The maximum atomic E-state index is 13.8. The van der Waals surface area contributed by atoms with Crippen molar-refractivity contribution in [2.24, 2.45) is 0 Å². The highest BCUT2D eigenvalue weighted by molar-refractivity contribution is 9.10. The maximum absolute atomic E-state index is 13.8. The summed E-state index contributed by atoms with van der Waals surface area (Å²) in [5.74, 6) is -1.07. The molecular weight excluding hydrogens is 363 g/mol. The van der Waals surface area contributed by atoms with Crippen LogP contribution in [0.3, 0.4) is 0 Å². The summed E-state index contributed by atoms with van der Waals surface area (Å²) in [5, 5.41) is 6.79. The van der Waals surface area contributed by atoms with Crippen LogP contribution in [0.15, 0.2) is 59.6 Å². The van der Waals surface area contributed by atoms with Gasteiger partial charge in [0.25, 0.3) is 5.91 Å². The molecule has 0 unspecified atom stereocenters. The Morgan fingerprint density at radius 1 is 1.26 bits per heavy atom. The minimum Gasteiger partial charge on any atom is -0.322 e. The molecule has 0 saturated carbocycles. The van der Waals surface area contributed by atoms with Crippen LogP contribution in [0.25, 0.3) is 0 Å². The fourth-order valence-electron chi connectivity index (χ4n) is 2.13. The number of amides is 1. The highest BCUT2D eigenvalue weighted by atomic mass is 79.9. The average Bonchev–Trinajstić information content (AvgIpc) is 3.04. The van der Waals surface area contributed by atoms with Crippen LogP contribution in [0.2, 0.25) is 0 Å². The normalized spacial score (nSPS) is 10.5. The Labute approximate surface area is 140 Å². The molecule has 1 N–H and O–H groups in total. The highest BCUT2D eigenvalue weighted by Gasteiger charge is 2.14. The standard InChI is InChI=1S/C16H12BrFN4O/c17-12-5-6-14(18)13(7-12)16(23)21-15-4-2-1-3-11(15)8-22-10-19-9-20-22/h1-7,9-10H,8H2,(H,21,23). The zero-order chi connectivity index (χ0) is 16.2. The molecular formula is C16H12BrFN4O. The molecule has 0 radical (unpaired) electrons. The lowest BCUT2D eigenvalue weighted by atomic mass is 10.1. The molecule has 2 aromatic carbocycles. The van der Waals surface area contributed by atoms with E-state index in [1.54, 1.807) is 29.2 Å². The van der Waals surface area contributed by atoms with Crippen LogP contribution in [0.1, 0.15) is 15.9 Å². The molecule has 0 atom stereocenters. The molecule has 0 aliphatic carbocycles. The molecule has 7 heteroatoms. The molecule has 0 spiro atoms. The number of nitrogens with one attached hydrogen (secondary N) is 1. The molecule has 5 nitrogen and oxygen atoms in total. The third kappa shape index (κ3) is 3.62. The summed E-state index contributed by atoms with van der Waals surface area (Å²) in [6.07, 6.45) is 3.03. The predicted molar refractivity (Wildman–Crippen MR) is 87.6 cm³/mol. The third-order valence-electron chi connectivity index (χ3n) is 3.24. The predicted octanol–water partition coefficient (Wildman–Crippen LogP) is 3.48. The van der Waals surface area contributed by atoms with Crippen LogP contribution in [0, 0.1) is 5.82 Å². The van der Waals surface area contributed by atoms with Crippen molar-refractivity contribution < 1.29 is 9.18 Å². The molecule has 1 amide bonds. The largest absolute Gasteiger partial charge is 0.322 e. The number of hydrogen-bond acceptors (Lipinski definition) is 3. The number of rotatable bonds is 4. The first kappa shape index (κ1) is 15.4. The second kappa shape index (κ2) is 6.70. The van der Waals surface area contributed by atoms with Gasteiger partial charge in [-0.1, -0.05) is 34.1 Å². The van der Waals surface area contributed by atoms with Gasteiger partial charge in [0.15, 0.2) is 0 Å². The first-order chi connectivity index (χ1) is 11.1. The van der Waals surface area contributed by atoms with Gasteiger partial charge in [0, 0.05) is 10.2 Å². The van der Waals surface area contributed by atoms with Crippen molar-refractivity contribution in [2.45, 2.75) is 6.54 Å². The molecule has 0 bridgehead atoms. The molecule has 0 saturated heterocycles. The van der Waals surface area contributed by atoms with Crippen molar-refractivity contribution in [2.75, 3.05) is 5.32 Å². The molecule has 116 valence electrons. The molecule has 0 fully saturated rings. The first-order valence-corrected chi connectivity index (χ1v) is 7.59. The molecule has 23 heavy (non-hydrogen) atoms. The minimum atomic E-state index is -0.570. The van der Waals surface area contributed by atoms with E-state index in [-0.39, 0.29) is 5.56 Å². The lowest BCUT2D eigenvalue weighted by Gasteiger charge is -2.11. The summed E-state index contributed by atoms with van der Waals surface area (Å²) >= 11 is 3.24. The second-order valence-corrected chi connectivity index (χ2v) is 5.74. The summed E-state index contributed by atoms with van der Waals surface area (Å²) < 4.78 is 16.1. The maximum Gasteiger partial charge on any atom is 0.258 e. The highest BCUT2D eigenvalue weighted by Crippen LogP contribution is 2.20. The van der Waals surface area contributed by atoms with Crippen LogP contribution in [0.5, 0.6) is 0 Å². The van der Waals surface area contributed by atoms with E-state index >= 15 is 0 Å². The zero-order valence-electron chi connectivity index (χ0n) is 11.9. The van der Waals surface area contributed by atoms with Crippen LogP contribution < -0.4 is 5.32 Å². The minimum absolute atomic E-state index is 0.0186. The molecule has 1 aromatic heterocycles. The van der Waals surface area contributed by atoms with E-state index in [9.17, 15) is 9.18 Å². The summed E-state index contributed by atoms with van der Waals surface area (Å²) in [7, 11) is 0. The van der Waals surface area contributed by atoms with E-state index in [0.29, 0.717) is 16.7 Å². The van der Waals surface area contributed by atoms with Crippen LogP contribution >= 0.6 is 15.9 Å². The van der Waals surface area contributed by atoms with Crippen LogP contribution in [-0.2, 0) is 6.54 Å². The first-order valence-electron chi connectivity index (χ1n) is 6.80. The SMILES string of the molecule is O=C(Nc1ccccc1Cn1cncn1)c1cc(Br)ccc1F. The Morgan fingerprint density at radius 3 is 2.87 bits per heavy atom. The van der Waals surface area contributed by atoms with Gasteiger partial charge < -0.3 is 5.32 Å². The Hall–Kier alpha value is -2.54. The monoisotopic (exact) mass is 374 g/mol. The van der Waals surface area contributed by atoms with Gasteiger partial charge in [0.05, 0.1) is 12.1 Å². The van der Waals surface area contributed by atoms with E-state index in [1.165, 1.54) is 18.5 Å². The van der Waals surface area contributed by atoms with E-state index in [2.05, 4.69) is 31.3 Å². The van der Waals surface area contributed by atoms with Crippen molar-refractivity contribution in [3.05, 3.63) is 76.5 Å². The van der Waals surface area contributed by atoms with Gasteiger partial charge in [-0.2, -0.15) is 5.10 Å². The van der Waals surface area contributed by atoms with E-state index in [4.69, 9.17) is 0 Å².